The van der Waals surface area contributed by atoms with E-state index in [0.29, 0.717) is 11.3 Å². The van der Waals surface area contributed by atoms with Crippen molar-refractivity contribution in [2.24, 2.45) is 0 Å². The fraction of sp³-hybridized carbons (Fsp3) is 0.0500. The van der Waals surface area contributed by atoms with E-state index in [4.69, 9.17) is 0 Å². The Hall–Kier alpha value is -3.67. The van der Waals surface area contributed by atoms with Crippen LogP contribution in [-0.4, -0.2) is 28.6 Å². The second kappa shape index (κ2) is 7.94. The summed E-state index contributed by atoms with van der Waals surface area (Å²) in [4.78, 5) is 23.7. The van der Waals surface area contributed by atoms with Gasteiger partial charge in [-0.3, -0.25) is 9.59 Å². The van der Waals surface area contributed by atoms with Crippen molar-refractivity contribution in [3.05, 3.63) is 84.2 Å². The van der Waals surface area contributed by atoms with Crippen molar-refractivity contribution in [1.29, 1.82) is 0 Å². The lowest BCUT2D eigenvalue weighted by molar-refractivity contribution is -0.111. The Kier molecular flexibility index (Phi) is 5.24. The average molecular weight is 346 g/mol. The van der Waals surface area contributed by atoms with Gasteiger partial charge in [0.2, 0.25) is 5.91 Å². The topological polar surface area (TPSA) is 76.0 Å². The van der Waals surface area contributed by atoms with Gasteiger partial charge >= 0.3 is 0 Å². The highest BCUT2D eigenvalue weighted by Crippen LogP contribution is 2.12. The number of hydrogen-bond acceptors (Lipinski definition) is 3. The molecule has 0 aliphatic heterocycles. The SMILES string of the molecule is CNC(=O)c1cccc(NC(=O)/C=C/c2cnn(-c3ccccc3)c2)c1. The fourth-order valence-corrected chi connectivity index (χ4v) is 2.38. The smallest absolute Gasteiger partial charge is 0.251 e. The van der Waals surface area contributed by atoms with Crippen molar-refractivity contribution in [3.8, 4) is 5.69 Å². The number of carbonyl (C=O) groups excluding carboxylic acids is 2. The normalized spacial score (nSPS) is 10.7. The number of benzene rings is 2. The third-order valence-electron chi connectivity index (χ3n) is 3.67. The summed E-state index contributed by atoms with van der Waals surface area (Å²) in [5.74, 6) is -0.489. The summed E-state index contributed by atoms with van der Waals surface area (Å²) < 4.78 is 1.74. The summed E-state index contributed by atoms with van der Waals surface area (Å²) in [5, 5.41) is 9.56. The maximum absolute atomic E-state index is 12.1. The van der Waals surface area contributed by atoms with Crippen LogP contribution in [0.4, 0.5) is 5.69 Å². The van der Waals surface area contributed by atoms with Gasteiger partial charge in [0.15, 0.2) is 0 Å². The van der Waals surface area contributed by atoms with E-state index in [9.17, 15) is 9.59 Å². The van der Waals surface area contributed by atoms with Gasteiger partial charge in [0.05, 0.1) is 11.9 Å². The van der Waals surface area contributed by atoms with Crippen LogP contribution in [0.25, 0.3) is 11.8 Å². The van der Waals surface area contributed by atoms with E-state index in [-0.39, 0.29) is 11.8 Å². The number of anilines is 1. The van der Waals surface area contributed by atoms with Gasteiger partial charge in [0.1, 0.15) is 0 Å². The molecule has 0 aliphatic carbocycles. The highest BCUT2D eigenvalue weighted by Gasteiger charge is 2.05. The molecule has 2 N–H and O–H groups in total. The average Bonchev–Trinajstić information content (AvgIpc) is 3.16. The minimum atomic E-state index is -0.286. The van der Waals surface area contributed by atoms with Crippen LogP contribution in [0.1, 0.15) is 15.9 Å². The van der Waals surface area contributed by atoms with Crippen LogP contribution < -0.4 is 10.6 Å². The molecule has 0 aliphatic rings. The number of nitrogens with zero attached hydrogens (tertiary/aromatic N) is 2. The molecular weight excluding hydrogens is 328 g/mol. The molecule has 1 heterocycles. The molecule has 0 unspecified atom stereocenters. The molecule has 0 atom stereocenters. The van der Waals surface area contributed by atoms with Gasteiger partial charge in [-0.2, -0.15) is 5.10 Å². The molecule has 3 rings (SSSR count). The van der Waals surface area contributed by atoms with Crippen molar-refractivity contribution in [1.82, 2.24) is 15.1 Å². The van der Waals surface area contributed by atoms with Crippen molar-refractivity contribution in [2.75, 3.05) is 12.4 Å². The molecule has 0 saturated heterocycles. The molecule has 0 radical (unpaired) electrons. The number of carbonyl (C=O) groups is 2. The van der Waals surface area contributed by atoms with Crippen molar-refractivity contribution in [3.63, 3.8) is 0 Å². The van der Waals surface area contributed by atoms with E-state index in [1.165, 1.54) is 6.08 Å². The van der Waals surface area contributed by atoms with Gasteiger partial charge in [-0.1, -0.05) is 24.3 Å². The zero-order chi connectivity index (χ0) is 18.4. The van der Waals surface area contributed by atoms with Crippen LogP contribution in [0.15, 0.2) is 73.1 Å². The first-order valence-electron chi connectivity index (χ1n) is 8.07. The van der Waals surface area contributed by atoms with E-state index >= 15 is 0 Å². The largest absolute Gasteiger partial charge is 0.355 e. The van der Waals surface area contributed by atoms with E-state index in [2.05, 4.69) is 15.7 Å². The zero-order valence-corrected chi connectivity index (χ0v) is 14.2. The molecule has 0 bridgehead atoms. The molecule has 3 aromatic rings. The third-order valence-corrected chi connectivity index (χ3v) is 3.67. The summed E-state index contributed by atoms with van der Waals surface area (Å²) in [7, 11) is 1.56. The second-order valence-corrected chi connectivity index (χ2v) is 5.54. The van der Waals surface area contributed by atoms with Crippen LogP contribution in [-0.2, 0) is 4.79 Å². The quantitative estimate of drug-likeness (QED) is 0.698. The molecule has 2 amide bonds. The molecule has 0 spiro atoms. The van der Waals surface area contributed by atoms with Gasteiger partial charge in [0, 0.05) is 36.1 Å². The fourth-order valence-electron chi connectivity index (χ4n) is 2.38. The molecule has 1 aromatic heterocycles. The lowest BCUT2D eigenvalue weighted by atomic mass is 10.2. The highest BCUT2D eigenvalue weighted by molar-refractivity contribution is 6.03. The number of para-hydroxylation sites is 1. The predicted octanol–water partition coefficient (Wildman–Crippen LogP) is 2.88. The van der Waals surface area contributed by atoms with E-state index in [0.717, 1.165) is 11.3 Å². The summed E-state index contributed by atoms with van der Waals surface area (Å²) in [6.45, 7) is 0. The van der Waals surface area contributed by atoms with Crippen LogP contribution >= 0.6 is 0 Å². The maximum atomic E-state index is 12.1. The number of hydrogen-bond donors (Lipinski definition) is 2. The molecule has 6 nitrogen and oxygen atoms in total. The van der Waals surface area contributed by atoms with Gasteiger partial charge in [0.25, 0.3) is 5.91 Å². The van der Waals surface area contributed by atoms with Crippen LogP contribution in [0, 0.1) is 0 Å². The summed E-state index contributed by atoms with van der Waals surface area (Å²) in [5.41, 5.74) is 2.80. The molecule has 2 aromatic carbocycles. The Labute approximate surface area is 151 Å². The van der Waals surface area contributed by atoms with E-state index in [1.807, 2.05) is 36.5 Å². The van der Waals surface area contributed by atoms with Gasteiger partial charge in [-0.05, 0) is 36.4 Å². The highest BCUT2D eigenvalue weighted by atomic mass is 16.2. The Morgan fingerprint density at radius 1 is 1.08 bits per heavy atom. The number of nitrogens with one attached hydrogen (secondary N) is 2. The van der Waals surface area contributed by atoms with Crippen LogP contribution in [0.5, 0.6) is 0 Å². The van der Waals surface area contributed by atoms with Gasteiger partial charge in [-0.25, -0.2) is 4.68 Å². The summed E-state index contributed by atoms with van der Waals surface area (Å²) >= 11 is 0. The number of amides is 2. The second-order valence-electron chi connectivity index (χ2n) is 5.54. The molecule has 130 valence electrons. The van der Waals surface area contributed by atoms with Gasteiger partial charge in [-0.15, -0.1) is 0 Å². The number of rotatable bonds is 5. The van der Waals surface area contributed by atoms with Crippen molar-refractivity contribution in [2.45, 2.75) is 0 Å². The number of aromatic nitrogens is 2. The molecule has 6 heteroatoms. The van der Waals surface area contributed by atoms with Crippen LogP contribution in [0.2, 0.25) is 0 Å². The first kappa shape index (κ1) is 17.2. The minimum Gasteiger partial charge on any atom is -0.355 e. The monoisotopic (exact) mass is 346 g/mol. The predicted molar refractivity (Wildman–Crippen MR) is 101 cm³/mol. The summed E-state index contributed by atoms with van der Waals surface area (Å²) in [6.07, 6.45) is 6.64. The Morgan fingerprint density at radius 3 is 2.65 bits per heavy atom. The van der Waals surface area contributed by atoms with E-state index < -0.39 is 0 Å². The third kappa shape index (κ3) is 4.24. The lowest BCUT2D eigenvalue weighted by Crippen LogP contribution is -2.18. The van der Waals surface area contributed by atoms with E-state index in [1.54, 1.807) is 48.3 Å². The lowest BCUT2D eigenvalue weighted by Gasteiger charge is -2.04. The Balaban J connectivity index is 1.65. The van der Waals surface area contributed by atoms with Gasteiger partial charge < -0.3 is 10.6 Å². The Bertz CT molecular complexity index is 945. The maximum Gasteiger partial charge on any atom is 0.251 e. The Morgan fingerprint density at radius 2 is 1.88 bits per heavy atom. The zero-order valence-electron chi connectivity index (χ0n) is 14.2. The molecule has 26 heavy (non-hydrogen) atoms. The molecule has 0 fully saturated rings. The minimum absolute atomic E-state index is 0.204. The standard InChI is InChI=1S/C20H18N4O2/c1-21-20(26)16-6-5-7-17(12-16)23-19(25)11-10-15-13-22-24(14-15)18-8-3-2-4-9-18/h2-14H,1H3,(H,21,26)(H,23,25)/b11-10+. The van der Waals surface area contributed by atoms with Crippen molar-refractivity contribution >= 4 is 23.6 Å². The molecular formula is C20H18N4O2. The molecule has 0 saturated carbocycles. The first-order valence-corrected chi connectivity index (χ1v) is 8.07. The van der Waals surface area contributed by atoms with Crippen LogP contribution in [0.3, 0.4) is 0 Å². The summed E-state index contributed by atoms with van der Waals surface area (Å²) in [6, 6.07) is 16.5. The van der Waals surface area contributed by atoms with Crippen molar-refractivity contribution < 1.29 is 9.59 Å². The first-order chi connectivity index (χ1) is 12.7.